The van der Waals surface area contributed by atoms with E-state index < -0.39 is 10.0 Å². The van der Waals surface area contributed by atoms with Crippen molar-refractivity contribution in [2.75, 3.05) is 32.1 Å². The van der Waals surface area contributed by atoms with E-state index in [0.29, 0.717) is 29.7 Å². The van der Waals surface area contributed by atoms with Crippen molar-refractivity contribution in [1.29, 1.82) is 0 Å². The molecule has 140 valence electrons. The molecule has 1 aromatic carbocycles. The molecular formula is C17H21ClN4O3S. The molecule has 1 atom stereocenters. The molecule has 7 nitrogen and oxygen atoms in total. The van der Waals surface area contributed by atoms with E-state index in [-0.39, 0.29) is 17.5 Å². The summed E-state index contributed by atoms with van der Waals surface area (Å²) in [5.41, 5.74) is 0. The van der Waals surface area contributed by atoms with E-state index >= 15 is 0 Å². The summed E-state index contributed by atoms with van der Waals surface area (Å²) in [6.45, 7) is 0.716. The Morgan fingerprint density at radius 3 is 2.77 bits per heavy atom. The Morgan fingerprint density at radius 2 is 2.04 bits per heavy atom. The van der Waals surface area contributed by atoms with E-state index in [2.05, 4.69) is 9.97 Å². The fourth-order valence-electron chi connectivity index (χ4n) is 2.86. The van der Waals surface area contributed by atoms with Crippen LogP contribution in [0, 0.1) is 0 Å². The number of anilines is 1. The van der Waals surface area contributed by atoms with E-state index in [4.69, 9.17) is 16.3 Å². The Bertz CT molecular complexity index is 876. The van der Waals surface area contributed by atoms with Gasteiger partial charge in [0, 0.05) is 38.1 Å². The van der Waals surface area contributed by atoms with Gasteiger partial charge >= 0.3 is 0 Å². The van der Waals surface area contributed by atoms with Gasteiger partial charge in [0.05, 0.1) is 11.4 Å². The zero-order valence-electron chi connectivity index (χ0n) is 14.7. The molecule has 0 saturated carbocycles. The summed E-state index contributed by atoms with van der Waals surface area (Å²) in [4.78, 5) is 10.5. The Kier molecular flexibility index (Phi) is 5.64. The standard InChI is InChI=1S/C17H21ClN4O3S/c1-21(2)16-17(20-9-8-19-16)25-14-6-4-10-22(12-14)26(23,24)15-7-3-5-13(18)11-15/h3,5,7-9,11,14H,4,6,10,12H2,1-2H3. The highest BCUT2D eigenvalue weighted by Gasteiger charge is 2.32. The third-order valence-corrected chi connectivity index (χ3v) is 6.22. The van der Waals surface area contributed by atoms with Crippen molar-refractivity contribution in [2.45, 2.75) is 23.8 Å². The highest BCUT2D eigenvalue weighted by atomic mass is 35.5. The van der Waals surface area contributed by atoms with Gasteiger partial charge in [-0.25, -0.2) is 18.4 Å². The van der Waals surface area contributed by atoms with Crippen LogP contribution in [0.4, 0.5) is 5.82 Å². The number of hydrogen-bond acceptors (Lipinski definition) is 6. The molecule has 0 bridgehead atoms. The molecule has 0 aliphatic carbocycles. The van der Waals surface area contributed by atoms with E-state index in [0.717, 1.165) is 6.42 Å². The van der Waals surface area contributed by atoms with Crippen molar-refractivity contribution < 1.29 is 13.2 Å². The number of piperidine rings is 1. The van der Waals surface area contributed by atoms with Crippen molar-refractivity contribution in [3.05, 3.63) is 41.7 Å². The van der Waals surface area contributed by atoms with Gasteiger partial charge in [-0.1, -0.05) is 17.7 Å². The molecule has 0 spiro atoms. The minimum atomic E-state index is -3.61. The Balaban J connectivity index is 1.78. The minimum absolute atomic E-state index is 0.194. The Labute approximate surface area is 158 Å². The van der Waals surface area contributed by atoms with Crippen LogP contribution in [-0.2, 0) is 10.0 Å². The summed E-state index contributed by atoms with van der Waals surface area (Å²) >= 11 is 5.95. The highest BCUT2D eigenvalue weighted by Crippen LogP contribution is 2.27. The number of hydrogen-bond donors (Lipinski definition) is 0. The first-order valence-electron chi connectivity index (χ1n) is 8.28. The lowest BCUT2D eigenvalue weighted by atomic mass is 10.1. The number of rotatable bonds is 5. The summed E-state index contributed by atoms with van der Waals surface area (Å²) < 4.78 is 33.2. The summed E-state index contributed by atoms with van der Waals surface area (Å²) in [5.74, 6) is 1.02. The van der Waals surface area contributed by atoms with Crippen LogP contribution in [0.25, 0.3) is 0 Å². The first kappa shape index (κ1) is 18.9. The molecule has 1 saturated heterocycles. The average Bonchev–Trinajstić information content (AvgIpc) is 2.62. The topological polar surface area (TPSA) is 75.6 Å². The summed E-state index contributed by atoms with van der Waals surface area (Å²) in [5, 5.41) is 0.395. The lowest BCUT2D eigenvalue weighted by Gasteiger charge is -2.32. The second-order valence-corrected chi connectivity index (χ2v) is 8.66. The van der Waals surface area contributed by atoms with Gasteiger partial charge in [0.15, 0.2) is 5.82 Å². The zero-order chi connectivity index (χ0) is 18.7. The van der Waals surface area contributed by atoms with Crippen LogP contribution < -0.4 is 9.64 Å². The predicted octanol–water partition coefficient (Wildman–Crippen LogP) is 2.43. The van der Waals surface area contributed by atoms with Gasteiger partial charge in [-0.2, -0.15) is 4.31 Å². The van der Waals surface area contributed by atoms with Crippen LogP contribution in [0.5, 0.6) is 5.88 Å². The number of ether oxygens (including phenoxy) is 1. The first-order valence-corrected chi connectivity index (χ1v) is 10.1. The van der Waals surface area contributed by atoms with Gasteiger partial charge in [-0.15, -0.1) is 0 Å². The zero-order valence-corrected chi connectivity index (χ0v) is 16.2. The molecule has 1 fully saturated rings. The largest absolute Gasteiger partial charge is 0.470 e. The molecule has 0 radical (unpaired) electrons. The predicted molar refractivity (Wildman–Crippen MR) is 100 cm³/mol. The van der Waals surface area contributed by atoms with Gasteiger partial charge in [0.2, 0.25) is 10.0 Å². The third-order valence-electron chi connectivity index (χ3n) is 4.12. The normalized spacial score (nSPS) is 18.5. The maximum absolute atomic E-state index is 12.9. The monoisotopic (exact) mass is 396 g/mol. The van der Waals surface area contributed by atoms with Crippen LogP contribution in [0.15, 0.2) is 41.6 Å². The second kappa shape index (κ2) is 7.77. The first-order chi connectivity index (χ1) is 12.4. The number of sulfonamides is 1. The van der Waals surface area contributed by atoms with E-state index in [1.807, 2.05) is 19.0 Å². The summed E-state index contributed by atoms with van der Waals surface area (Å²) in [6.07, 6.45) is 4.34. The molecule has 1 aliphatic rings. The molecule has 3 rings (SSSR count). The molecular weight excluding hydrogens is 376 g/mol. The van der Waals surface area contributed by atoms with Crippen molar-refractivity contribution >= 4 is 27.4 Å². The lowest BCUT2D eigenvalue weighted by molar-refractivity contribution is 0.125. The SMILES string of the molecule is CN(C)c1nccnc1OC1CCCN(S(=O)(=O)c2cccc(Cl)c2)C1. The molecule has 0 amide bonds. The fourth-order valence-corrected chi connectivity index (χ4v) is 4.67. The molecule has 2 heterocycles. The number of nitrogens with zero attached hydrogens (tertiary/aromatic N) is 4. The Hall–Kier alpha value is -1.90. The van der Waals surface area contributed by atoms with Gasteiger partial charge in [-0.3, -0.25) is 0 Å². The smallest absolute Gasteiger partial charge is 0.257 e. The summed E-state index contributed by atoms with van der Waals surface area (Å²) in [6, 6.07) is 6.31. The van der Waals surface area contributed by atoms with Crippen LogP contribution >= 0.6 is 11.6 Å². The average molecular weight is 397 g/mol. The van der Waals surface area contributed by atoms with Crippen LogP contribution in [0.1, 0.15) is 12.8 Å². The van der Waals surface area contributed by atoms with E-state index in [1.165, 1.54) is 10.4 Å². The van der Waals surface area contributed by atoms with Gasteiger partial charge in [0.1, 0.15) is 6.10 Å². The van der Waals surface area contributed by atoms with Gasteiger partial charge < -0.3 is 9.64 Å². The molecule has 9 heteroatoms. The van der Waals surface area contributed by atoms with E-state index in [1.54, 1.807) is 30.6 Å². The quantitative estimate of drug-likeness (QED) is 0.772. The minimum Gasteiger partial charge on any atom is -0.470 e. The molecule has 1 aliphatic heterocycles. The maximum Gasteiger partial charge on any atom is 0.257 e. The number of aromatic nitrogens is 2. The lowest BCUT2D eigenvalue weighted by Crippen LogP contribution is -2.44. The number of halogens is 1. The highest BCUT2D eigenvalue weighted by molar-refractivity contribution is 7.89. The van der Waals surface area contributed by atoms with Crippen molar-refractivity contribution in [1.82, 2.24) is 14.3 Å². The number of benzene rings is 1. The van der Waals surface area contributed by atoms with E-state index in [9.17, 15) is 8.42 Å². The van der Waals surface area contributed by atoms with Crippen LogP contribution in [0.2, 0.25) is 5.02 Å². The summed E-state index contributed by atoms with van der Waals surface area (Å²) in [7, 11) is 0.0959. The molecule has 1 aromatic heterocycles. The fraction of sp³-hybridized carbons (Fsp3) is 0.412. The molecule has 2 aromatic rings. The molecule has 0 N–H and O–H groups in total. The van der Waals surface area contributed by atoms with Crippen molar-refractivity contribution in [3.8, 4) is 5.88 Å². The van der Waals surface area contributed by atoms with Gasteiger partial charge in [-0.05, 0) is 31.0 Å². The third kappa shape index (κ3) is 4.08. The maximum atomic E-state index is 12.9. The van der Waals surface area contributed by atoms with Crippen LogP contribution in [-0.4, -0.2) is 56.0 Å². The molecule has 26 heavy (non-hydrogen) atoms. The Morgan fingerprint density at radius 1 is 1.27 bits per heavy atom. The molecule has 1 unspecified atom stereocenters. The van der Waals surface area contributed by atoms with Crippen LogP contribution in [0.3, 0.4) is 0 Å². The van der Waals surface area contributed by atoms with Gasteiger partial charge in [0.25, 0.3) is 5.88 Å². The van der Waals surface area contributed by atoms with Crippen molar-refractivity contribution in [2.24, 2.45) is 0 Å². The second-order valence-electron chi connectivity index (χ2n) is 6.28. The van der Waals surface area contributed by atoms with Crippen molar-refractivity contribution in [3.63, 3.8) is 0 Å².